The van der Waals surface area contributed by atoms with Crippen LogP contribution in [-0.4, -0.2) is 51.8 Å². The number of amides is 1. The van der Waals surface area contributed by atoms with Crippen LogP contribution in [0.1, 0.15) is 39.3 Å². The minimum Gasteiger partial charge on any atom is -0.493 e. The first kappa shape index (κ1) is 22.8. The molecule has 0 aliphatic rings. The molecule has 0 bridgehead atoms. The van der Waals surface area contributed by atoms with Crippen molar-refractivity contribution in [1.82, 2.24) is 16.0 Å². The highest BCUT2D eigenvalue weighted by Crippen LogP contribution is 2.18. The molecule has 0 aliphatic carbocycles. The molecule has 1 amide bonds. The lowest BCUT2D eigenvalue weighted by atomic mass is 10.1. The third-order valence-electron chi connectivity index (χ3n) is 3.67. The Kier molecular flexibility index (Phi) is 10.9. The number of rotatable bonds is 11. The maximum Gasteiger partial charge on any atom is 0.241 e. The van der Waals surface area contributed by atoms with E-state index in [4.69, 9.17) is 9.47 Å². The van der Waals surface area contributed by atoms with Gasteiger partial charge in [0.1, 0.15) is 12.3 Å². The van der Waals surface area contributed by atoms with Crippen molar-refractivity contribution < 1.29 is 14.3 Å². The van der Waals surface area contributed by atoms with E-state index in [-0.39, 0.29) is 18.5 Å². The van der Waals surface area contributed by atoms with E-state index in [1.54, 1.807) is 7.11 Å². The number of hydrogen-bond acceptors (Lipinski definition) is 4. The van der Waals surface area contributed by atoms with Gasteiger partial charge < -0.3 is 25.4 Å². The molecule has 152 valence electrons. The third kappa shape index (κ3) is 9.84. The summed E-state index contributed by atoms with van der Waals surface area (Å²) in [5.74, 6) is 1.83. The molecule has 0 saturated heterocycles. The van der Waals surface area contributed by atoms with E-state index >= 15 is 0 Å². The van der Waals surface area contributed by atoms with Crippen LogP contribution in [0.25, 0.3) is 0 Å². The molecule has 7 heteroatoms. The average molecular weight is 379 g/mol. The largest absolute Gasteiger partial charge is 0.493 e. The van der Waals surface area contributed by atoms with Crippen LogP contribution < -0.4 is 20.7 Å². The van der Waals surface area contributed by atoms with Crippen LogP contribution in [0.4, 0.5) is 0 Å². The smallest absolute Gasteiger partial charge is 0.241 e. The second-order valence-corrected chi connectivity index (χ2v) is 6.68. The van der Waals surface area contributed by atoms with Crippen LogP contribution in [0.15, 0.2) is 29.3 Å². The molecule has 1 unspecified atom stereocenters. The van der Waals surface area contributed by atoms with Crippen molar-refractivity contribution in [3.05, 3.63) is 29.8 Å². The molecule has 0 radical (unpaired) electrons. The summed E-state index contributed by atoms with van der Waals surface area (Å²) in [5.41, 5.74) is 1.11. The molecule has 0 spiro atoms. The second-order valence-electron chi connectivity index (χ2n) is 6.68. The van der Waals surface area contributed by atoms with E-state index in [0.717, 1.165) is 11.3 Å². The summed E-state index contributed by atoms with van der Waals surface area (Å²) in [6.45, 7) is 10.7. The number of hydrogen-bond donors (Lipinski definition) is 3. The van der Waals surface area contributed by atoms with Gasteiger partial charge in [0.25, 0.3) is 0 Å². The zero-order valence-corrected chi connectivity index (χ0v) is 17.2. The van der Waals surface area contributed by atoms with Crippen LogP contribution in [0.2, 0.25) is 0 Å². The van der Waals surface area contributed by atoms with Gasteiger partial charge in [-0.05, 0) is 37.5 Å². The Morgan fingerprint density at radius 2 is 1.85 bits per heavy atom. The zero-order chi connectivity index (χ0) is 20.1. The molecule has 1 aromatic carbocycles. The number of carbonyl (C=O) groups excluding carboxylic acids is 1. The molecular weight excluding hydrogens is 344 g/mol. The molecule has 0 fully saturated rings. The predicted octanol–water partition coefficient (Wildman–Crippen LogP) is 2.10. The number of aliphatic imine (C=N–C) groups is 1. The Morgan fingerprint density at radius 3 is 2.44 bits per heavy atom. The number of benzene rings is 1. The molecule has 3 N–H and O–H groups in total. The number of ether oxygens (including phenoxy) is 2. The number of nitrogens with zero attached hydrogens (tertiary/aromatic N) is 1. The summed E-state index contributed by atoms with van der Waals surface area (Å²) in [5, 5.41) is 9.23. The van der Waals surface area contributed by atoms with Crippen LogP contribution in [0, 0.1) is 5.92 Å². The fourth-order valence-corrected chi connectivity index (χ4v) is 2.22. The standard InChI is InChI=1S/C20H34N4O3/c1-6-21-20(23-13-19(25)22-11-12-26-5)24-16(4)17-7-9-18(10-8-17)27-14-15(2)3/h7-10,15-16H,6,11-14H2,1-5H3,(H,22,25)(H2,21,23,24). The maximum atomic E-state index is 11.8. The maximum absolute atomic E-state index is 11.8. The summed E-state index contributed by atoms with van der Waals surface area (Å²) in [7, 11) is 1.60. The Hall–Kier alpha value is -2.28. The van der Waals surface area contributed by atoms with Gasteiger partial charge >= 0.3 is 0 Å². The van der Waals surface area contributed by atoms with Crippen LogP contribution >= 0.6 is 0 Å². The summed E-state index contributed by atoms with van der Waals surface area (Å²) in [4.78, 5) is 16.1. The molecule has 7 nitrogen and oxygen atoms in total. The first-order valence-corrected chi connectivity index (χ1v) is 9.49. The lowest BCUT2D eigenvalue weighted by molar-refractivity contribution is -0.119. The van der Waals surface area contributed by atoms with Gasteiger partial charge in [0.15, 0.2) is 5.96 Å². The molecular formula is C20H34N4O3. The molecule has 1 atom stereocenters. The number of carbonyl (C=O) groups is 1. The highest BCUT2D eigenvalue weighted by atomic mass is 16.5. The minimum atomic E-state index is -0.136. The van der Waals surface area contributed by atoms with E-state index in [0.29, 0.717) is 38.2 Å². The Balaban J connectivity index is 2.59. The predicted molar refractivity (Wildman–Crippen MR) is 109 cm³/mol. The molecule has 27 heavy (non-hydrogen) atoms. The lowest BCUT2D eigenvalue weighted by Gasteiger charge is -2.18. The fourth-order valence-electron chi connectivity index (χ4n) is 2.22. The van der Waals surface area contributed by atoms with E-state index in [1.165, 1.54) is 0 Å². The molecule has 0 saturated carbocycles. The Morgan fingerprint density at radius 1 is 1.15 bits per heavy atom. The van der Waals surface area contributed by atoms with Crippen molar-refractivity contribution in [2.75, 3.05) is 40.0 Å². The normalized spacial score (nSPS) is 12.6. The fraction of sp³-hybridized carbons (Fsp3) is 0.600. The van der Waals surface area contributed by atoms with Crippen LogP contribution in [0.3, 0.4) is 0 Å². The monoisotopic (exact) mass is 378 g/mol. The zero-order valence-electron chi connectivity index (χ0n) is 17.2. The highest BCUT2D eigenvalue weighted by molar-refractivity contribution is 5.85. The summed E-state index contributed by atoms with van der Waals surface area (Å²) in [6.07, 6.45) is 0. The van der Waals surface area contributed by atoms with Gasteiger partial charge in [-0.1, -0.05) is 26.0 Å². The first-order valence-electron chi connectivity index (χ1n) is 9.49. The molecule has 1 rings (SSSR count). The van der Waals surface area contributed by atoms with Gasteiger partial charge in [-0.15, -0.1) is 0 Å². The van der Waals surface area contributed by atoms with Gasteiger partial charge in [-0.2, -0.15) is 0 Å². The molecule has 0 aliphatic heterocycles. The molecule has 0 heterocycles. The highest BCUT2D eigenvalue weighted by Gasteiger charge is 2.09. The first-order chi connectivity index (χ1) is 13.0. The van der Waals surface area contributed by atoms with Crippen molar-refractivity contribution in [3.8, 4) is 5.75 Å². The number of methoxy groups -OCH3 is 1. The van der Waals surface area contributed by atoms with Gasteiger partial charge in [0, 0.05) is 20.2 Å². The summed E-state index contributed by atoms with van der Waals surface area (Å²) >= 11 is 0. The summed E-state index contributed by atoms with van der Waals surface area (Å²) < 4.78 is 10.6. The van der Waals surface area contributed by atoms with Gasteiger partial charge in [0.2, 0.25) is 5.91 Å². The minimum absolute atomic E-state index is 0.0403. The van der Waals surface area contributed by atoms with Crippen molar-refractivity contribution in [2.45, 2.75) is 33.7 Å². The SMILES string of the molecule is CCNC(=NCC(=O)NCCOC)NC(C)c1ccc(OCC(C)C)cc1. The Labute approximate surface area is 162 Å². The van der Waals surface area contributed by atoms with Crippen LogP contribution in [-0.2, 0) is 9.53 Å². The topological polar surface area (TPSA) is 84.0 Å². The van der Waals surface area contributed by atoms with E-state index in [2.05, 4.69) is 41.7 Å². The number of guanidine groups is 1. The van der Waals surface area contributed by atoms with Crippen molar-refractivity contribution in [2.24, 2.45) is 10.9 Å². The van der Waals surface area contributed by atoms with E-state index < -0.39 is 0 Å². The van der Waals surface area contributed by atoms with E-state index in [9.17, 15) is 4.79 Å². The van der Waals surface area contributed by atoms with Crippen molar-refractivity contribution in [3.63, 3.8) is 0 Å². The summed E-state index contributed by atoms with van der Waals surface area (Å²) in [6, 6.07) is 8.06. The number of nitrogens with one attached hydrogen (secondary N) is 3. The van der Waals surface area contributed by atoms with Gasteiger partial charge in [0.05, 0.1) is 19.3 Å². The van der Waals surface area contributed by atoms with Gasteiger partial charge in [-0.25, -0.2) is 4.99 Å². The molecule has 1 aromatic rings. The quantitative estimate of drug-likeness (QED) is 0.312. The average Bonchev–Trinajstić information content (AvgIpc) is 2.65. The molecule has 0 aromatic heterocycles. The van der Waals surface area contributed by atoms with E-state index in [1.807, 2.05) is 31.2 Å². The van der Waals surface area contributed by atoms with Crippen molar-refractivity contribution >= 4 is 11.9 Å². The van der Waals surface area contributed by atoms with Gasteiger partial charge in [-0.3, -0.25) is 4.79 Å². The van der Waals surface area contributed by atoms with Crippen LogP contribution in [0.5, 0.6) is 5.75 Å². The Bertz CT molecular complexity index is 573. The second kappa shape index (κ2) is 13.0. The third-order valence-corrected chi connectivity index (χ3v) is 3.67. The van der Waals surface area contributed by atoms with Crippen molar-refractivity contribution in [1.29, 1.82) is 0 Å². The lowest BCUT2D eigenvalue weighted by Crippen LogP contribution is -2.40.